The van der Waals surface area contributed by atoms with Crippen molar-refractivity contribution in [2.24, 2.45) is 0 Å². The summed E-state index contributed by atoms with van der Waals surface area (Å²) in [5, 5.41) is 0. The molecule has 0 atom stereocenters. The first-order valence-electron chi connectivity index (χ1n) is 9.43. The summed E-state index contributed by atoms with van der Waals surface area (Å²) >= 11 is 10.8. The van der Waals surface area contributed by atoms with Crippen LogP contribution in [0, 0.1) is 0 Å². The van der Waals surface area contributed by atoms with E-state index in [0.29, 0.717) is 0 Å². The second-order valence-electron chi connectivity index (χ2n) is 6.90. The highest BCUT2D eigenvalue weighted by Gasteiger charge is 2.22. The molecule has 0 amide bonds. The quantitative estimate of drug-likeness (QED) is 0.268. The van der Waals surface area contributed by atoms with Crippen LogP contribution in [-0.2, 0) is 12.8 Å². The maximum atomic E-state index is 5.72. The monoisotopic (exact) mass is 596 g/mol. The first-order valence-corrected chi connectivity index (χ1v) is 11.8. The van der Waals surface area contributed by atoms with Gasteiger partial charge in [-0.3, -0.25) is 0 Å². The third-order valence-corrected chi connectivity index (χ3v) is 6.53. The number of methoxy groups -OCH3 is 3. The summed E-state index contributed by atoms with van der Waals surface area (Å²) in [4.78, 5) is 0. The molecule has 0 saturated heterocycles. The standard InChI is InChI=1S/C24H23Br3O3/c1-28-22-7-4-18(25)12-16(22)10-15(21-14-20(27)6-9-24(21)30-3)11-17-13-19(26)5-8-23(17)29-2/h4-9,12-15H,10-11H2,1-3H3. The van der Waals surface area contributed by atoms with Crippen LogP contribution >= 0.6 is 47.8 Å². The average Bonchev–Trinajstić information content (AvgIpc) is 2.73. The molecule has 0 aliphatic heterocycles. The van der Waals surface area contributed by atoms with Crippen LogP contribution in [0.25, 0.3) is 0 Å². The van der Waals surface area contributed by atoms with Gasteiger partial charge in [0.2, 0.25) is 0 Å². The van der Waals surface area contributed by atoms with Crippen molar-refractivity contribution in [3.63, 3.8) is 0 Å². The Labute approximate surface area is 203 Å². The molecule has 30 heavy (non-hydrogen) atoms. The Balaban J connectivity index is 2.09. The Morgan fingerprint density at radius 2 is 1.00 bits per heavy atom. The Hall–Kier alpha value is -1.50. The molecule has 158 valence electrons. The predicted molar refractivity (Wildman–Crippen MR) is 132 cm³/mol. The molecule has 0 spiro atoms. The maximum absolute atomic E-state index is 5.72. The fraction of sp³-hybridized carbons (Fsp3) is 0.250. The minimum absolute atomic E-state index is 0.142. The van der Waals surface area contributed by atoms with Crippen molar-refractivity contribution in [2.75, 3.05) is 21.3 Å². The predicted octanol–water partition coefficient (Wildman–Crippen LogP) is 7.57. The fourth-order valence-electron chi connectivity index (χ4n) is 3.66. The normalized spacial score (nSPS) is 10.9. The summed E-state index contributed by atoms with van der Waals surface area (Å²) < 4.78 is 20.1. The van der Waals surface area contributed by atoms with E-state index in [9.17, 15) is 0 Å². The lowest BCUT2D eigenvalue weighted by Gasteiger charge is -2.23. The van der Waals surface area contributed by atoms with Gasteiger partial charge in [-0.05, 0) is 90.0 Å². The van der Waals surface area contributed by atoms with Crippen LogP contribution in [0.2, 0.25) is 0 Å². The van der Waals surface area contributed by atoms with Crippen molar-refractivity contribution in [3.8, 4) is 17.2 Å². The summed E-state index contributed by atoms with van der Waals surface area (Å²) in [6, 6.07) is 18.4. The van der Waals surface area contributed by atoms with Gasteiger partial charge in [-0.1, -0.05) is 47.8 Å². The molecular formula is C24H23Br3O3. The van der Waals surface area contributed by atoms with E-state index in [1.807, 2.05) is 36.4 Å². The van der Waals surface area contributed by atoms with E-state index in [0.717, 1.165) is 60.2 Å². The number of hydrogen-bond acceptors (Lipinski definition) is 3. The Kier molecular flexibility index (Phi) is 8.26. The Morgan fingerprint density at radius 1 is 0.600 bits per heavy atom. The number of rotatable bonds is 8. The molecule has 0 radical (unpaired) electrons. The number of hydrogen-bond donors (Lipinski definition) is 0. The van der Waals surface area contributed by atoms with Crippen LogP contribution in [-0.4, -0.2) is 21.3 Å². The summed E-state index contributed by atoms with van der Waals surface area (Å²) in [5.74, 6) is 2.76. The molecule has 0 saturated carbocycles. The van der Waals surface area contributed by atoms with Gasteiger partial charge in [0.05, 0.1) is 21.3 Å². The van der Waals surface area contributed by atoms with E-state index >= 15 is 0 Å². The molecule has 3 aromatic carbocycles. The SMILES string of the molecule is COc1ccc(Br)cc1CC(Cc1cc(Br)ccc1OC)c1cc(Br)ccc1OC. The molecular weight excluding hydrogens is 576 g/mol. The van der Waals surface area contributed by atoms with Crippen LogP contribution in [0.3, 0.4) is 0 Å². The Bertz CT molecular complexity index is 965. The molecule has 0 aromatic heterocycles. The minimum atomic E-state index is 0.142. The van der Waals surface area contributed by atoms with Crippen LogP contribution in [0.15, 0.2) is 68.0 Å². The molecule has 0 bridgehead atoms. The van der Waals surface area contributed by atoms with Crippen LogP contribution in [0.1, 0.15) is 22.6 Å². The topological polar surface area (TPSA) is 27.7 Å². The maximum Gasteiger partial charge on any atom is 0.122 e. The highest BCUT2D eigenvalue weighted by atomic mass is 79.9. The molecule has 0 unspecified atom stereocenters. The van der Waals surface area contributed by atoms with Gasteiger partial charge in [0.25, 0.3) is 0 Å². The molecule has 0 aliphatic carbocycles. The first kappa shape index (κ1) is 23.2. The van der Waals surface area contributed by atoms with Crippen molar-refractivity contribution < 1.29 is 14.2 Å². The van der Waals surface area contributed by atoms with Gasteiger partial charge in [-0.25, -0.2) is 0 Å². The van der Waals surface area contributed by atoms with E-state index in [-0.39, 0.29) is 5.92 Å². The van der Waals surface area contributed by atoms with Crippen molar-refractivity contribution in [1.29, 1.82) is 0 Å². The zero-order valence-corrected chi connectivity index (χ0v) is 21.8. The second-order valence-corrected chi connectivity index (χ2v) is 9.65. The van der Waals surface area contributed by atoms with Crippen LogP contribution < -0.4 is 14.2 Å². The van der Waals surface area contributed by atoms with E-state index in [4.69, 9.17) is 14.2 Å². The molecule has 3 nitrogen and oxygen atoms in total. The smallest absolute Gasteiger partial charge is 0.122 e. The average molecular weight is 599 g/mol. The van der Waals surface area contributed by atoms with Crippen molar-refractivity contribution in [2.45, 2.75) is 18.8 Å². The van der Waals surface area contributed by atoms with Gasteiger partial charge in [-0.2, -0.15) is 0 Å². The second kappa shape index (κ2) is 10.7. The zero-order valence-electron chi connectivity index (χ0n) is 17.0. The third-order valence-electron chi connectivity index (χ3n) is 5.05. The highest BCUT2D eigenvalue weighted by Crippen LogP contribution is 2.38. The summed E-state index contributed by atoms with van der Waals surface area (Å²) in [7, 11) is 5.13. The summed E-state index contributed by atoms with van der Waals surface area (Å²) in [6.45, 7) is 0. The Morgan fingerprint density at radius 3 is 1.43 bits per heavy atom. The first-order chi connectivity index (χ1) is 14.4. The molecule has 0 aliphatic rings. The van der Waals surface area contributed by atoms with Crippen molar-refractivity contribution in [1.82, 2.24) is 0 Å². The van der Waals surface area contributed by atoms with E-state index in [1.54, 1.807) is 21.3 Å². The summed E-state index contributed by atoms with van der Waals surface area (Å²) in [5.41, 5.74) is 3.40. The van der Waals surface area contributed by atoms with E-state index in [2.05, 4.69) is 66.0 Å². The van der Waals surface area contributed by atoms with Gasteiger partial charge in [0.1, 0.15) is 17.2 Å². The molecule has 6 heteroatoms. The van der Waals surface area contributed by atoms with Gasteiger partial charge in [-0.15, -0.1) is 0 Å². The molecule has 0 fully saturated rings. The van der Waals surface area contributed by atoms with Crippen LogP contribution in [0.5, 0.6) is 17.2 Å². The minimum Gasteiger partial charge on any atom is -0.496 e. The molecule has 0 N–H and O–H groups in total. The van der Waals surface area contributed by atoms with Gasteiger partial charge >= 0.3 is 0 Å². The number of ether oxygens (including phenoxy) is 3. The van der Waals surface area contributed by atoms with Crippen molar-refractivity contribution in [3.05, 3.63) is 84.7 Å². The number of benzene rings is 3. The fourth-order valence-corrected chi connectivity index (χ4v) is 4.86. The lowest BCUT2D eigenvalue weighted by Crippen LogP contribution is -2.10. The lowest BCUT2D eigenvalue weighted by molar-refractivity contribution is 0.395. The van der Waals surface area contributed by atoms with Crippen molar-refractivity contribution >= 4 is 47.8 Å². The van der Waals surface area contributed by atoms with Gasteiger partial charge in [0, 0.05) is 13.4 Å². The highest BCUT2D eigenvalue weighted by molar-refractivity contribution is 9.11. The van der Waals surface area contributed by atoms with E-state index in [1.165, 1.54) is 0 Å². The largest absolute Gasteiger partial charge is 0.496 e. The van der Waals surface area contributed by atoms with Gasteiger partial charge in [0.15, 0.2) is 0 Å². The van der Waals surface area contributed by atoms with Gasteiger partial charge < -0.3 is 14.2 Å². The van der Waals surface area contributed by atoms with E-state index < -0.39 is 0 Å². The summed E-state index contributed by atoms with van der Waals surface area (Å²) in [6.07, 6.45) is 1.57. The number of halogens is 3. The van der Waals surface area contributed by atoms with Crippen LogP contribution in [0.4, 0.5) is 0 Å². The zero-order chi connectivity index (χ0) is 21.7. The lowest BCUT2D eigenvalue weighted by atomic mass is 9.85. The third kappa shape index (κ3) is 5.59. The molecule has 3 aromatic rings. The molecule has 0 heterocycles. The molecule has 3 rings (SSSR count).